The van der Waals surface area contributed by atoms with Crippen molar-refractivity contribution in [2.24, 2.45) is 39.4 Å². The van der Waals surface area contributed by atoms with Crippen LogP contribution < -0.4 is 27.8 Å². The molecule has 1 aliphatic carbocycles. The van der Waals surface area contributed by atoms with Crippen molar-refractivity contribution in [1.29, 1.82) is 0 Å². The highest BCUT2D eigenvalue weighted by atomic mass is 35.5. The molecule has 1 saturated carbocycles. The fraction of sp³-hybridized carbons (Fsp3) is 0.621. The molecule has 332 valence electrons. The second-order valence-corrected chi connectivity index (χ2v) is 13.0. The van der Waals surface area contributed by atoms with Gasteiger partial charge < -0.3 is 52.2 Å². The molecule has 5 rings (SSSR count). The van der Waals surface area contributed by atoms with Crippen molar-refractivity contribution in [1.82, 2.24) is 60.0 Å². The van der Waals surface area contributed by atoms with E-state index < -0.39 is 66.8 Å². The molecule has 2 aliphatic rings. The number of imidazole rings is 2. The van der Waals surface area contributed by atoms with Gasteiger partial charge in [0, 0.05) is 40.1 Å². The Labute approximate surface area is 343 Å². The second kappa shape index (κ2) is 24.6. The normalized spacial score (nSPS) is 19.9. The number of carbonyl (C=O) groups is 4. The van der Waals surface area contributed by atoms with E-state index in [1.807, 2.05) is 0 Å². The number of carbonyl (C=O) groups excluding carboxylic acids is 4. The van der Waals surface area contributed by atoms with Crippen LogP contribution in [0.2, 0.25) is 0 Å². The van der Waals surface area contributed by atoms with Gasteiger partial charge in [0.05, 0.1) is 30.1 Å². The molecule has 0 radical (unpaired) electrons. The highest BCUT2D eigenvalue weighted by Crippen LogP contribution is 2.20. The number of aryl methyl sites for hydroxylation is 1. The molecular formula is C29H47ClN18O12. The monoisotopic (exact) mass is 874 g/mol. The topological polar surface area (TPSA) is 422 Å². The summed E-state index contributed by atoms with van der Waals surface area (Å²) in [5.74, 6) is -0.939. The number of H-pyrrole nitrogens is 1. The maximum atomic E-state index is 11.5. The molecule has 3 aromatic heterocycles. The van der Waals surface area contributed by atoms with E-state index in [2.05, 4.69) is 56.8 Å². The average molecular weight is 875 g/mol. The van der Waals surface area contributed by atoms with Gasteiger partial charge in [-0.05, 0) is 12.8 Å². The molecule has 0 unspecified atom stereocenters. The van der Waals surface area contributed by atoms with Crippen LogP contribution in [0.25, 0.3) is 5.65 Å². The van der Waals surface area contributed by atoms with Gasteiger partial charge in [0.25, 0.3) is 11.8 Å². The van der Waals surface area contributed by atoms with Crippen molar-refractivity contribution in [3.8, 4) is 0 Å². The van der Waals surface area contributed by atoms with Crippen LogP contribution >= 0.6 is 11.6 Å². The number of alkyl halides is 1. The SMILES string of the molecule is CN(C)N=Nc1nc[nH]c1C(N)=O.CN(N=O)C(=O)N[C@@H]1[C@@H](O)[C@H](O)[C@@H](CO)O[C@@H]1O.Cn1nnc2c(C(N)=O)ncn2c1=O.O=NN(CCCl)C(=O)NC1CCCCC1. The van der Waals surface area contributed by atoms with Gasteiger partial charge in [0.15, 0.2) is 23.3 Å². The zero-order chi connectivity index (χ0) is 45.1. The fourth-order valence-corrected chi connectivity index (χ4v) is 5.17. The van der Waals surface area contributed by atoms with Crippen molar-refractivity contribution < 1.29 is 44.3 Å². The Hall–Kier alpha value is -6.34. The molecule has 5 atom stereocenters. The largest absolute Gasteiger partial charge is 0.394 e. The summed E-state index contributed by atoms with van der Waals surface area (Å²) in [6, 6.07) is -2.57. The number of primary amides is 2. The summed E-state index contributed by atoms with van der Waals surface area (Å²) in [7, 11) is 5.93. The third kappa shape index (κ3) is 14.5. The van der Waals surface area contributed by atoms with Crippen molar-refractivity contribution in [3.63, 3.8) is 0 Å². The Morgan fingerprint density at radius 1 is 1.00 bits per heavy atom. The molecule has 3 aromatic rings. The van der Waals surface area contributed by atoms with Gasteiger partial charge in [-0.15, -0.1) is 31.6 Å². The number of nitroso groups, excluding NO2 is 2. The molecule has 30 nitrogen and oxygen atoms in total. The molecular weight excluding hydrogens is 828 g/mol. The first-order valence-corrected chi connectivity index (χ1v) is 18.1. The van der Waals surface area contributed by atoms with E-state index in [-0.39, 0.29) is 41.3 Å². The fourth-order valence-electron chi connectivity index (χ4n) is 5.01. The van der Waals surface area contributed by atoms with Gasteiger partial charge >= 0.3 is 17.8 Å². The van der Waals surface area contributed by atoms with Crippen LogP contribution in [0.4, 0.5) is 15.4 Å². The van der Waals surface area contributed by atoms with E-state index >= 15 is 0 Å². The molecule has 60 heavy (non-hydrogen) atoms. The Morgan fingerprint density at radius 2 is 1.67 bits per heavy atom. The van der Waals surface area contributed by atoms with E-state index in [0.29, 0.717) is 5.01 Å². The Kier molecular flexibility index (Phi) is 20.4. The highest BCUT2D eigenvalue weighted by molar-refractivity contribution is 6.18. The smallest absolute Gasteiger partial charge is 0.352 e. The maximum Gasteiger partial charge on any atom is 0.352 e. The summed E-state index contributed by atoms with van der Waals surface area (Å²) < 4.78 is 6.93. The minimum atomic E-state index is -1.63. The Bertz CT molecular complexity index is 1970. The van der Waals surface area contributed by atoms with E-state index in [1.165, 1.54) is 31.1 Å². The summed E-state index contributed by atoms with van der Waals surface area (Å²) >= 11 is 5.44. The lowest BCUT2D eigenvalue weighted by Gasteiger charge is -2.40. The second-order valence-electron chi connectivity index (χ2n) is 12.6. The Morgan fingerprint density at radius 3 is 2.22 bits per heavy atom. The van der Waals surface area contributed by atoms with Crippen LogP contribution in [-0.4, -0.2) is 171 Å². The number of nitrogens with one attached hydrogen (secondary N) is 3. The quantitative estimate of drug-likeness (QED) is 0.0411. The third-order valence-electron chi connectivity index (χ3n) is 8.09. The number of hydrogen-bond acceptors (Lipinski definition) is 20. The van der Waals surface area contributed by atoms with Gasteiger partial charge in [-0.2, -0.15) is 14.7 Å². The molecule has 0 spiro atoms. The van der Waals surface area contributed by atoms with Crippen LogP contribution in [0, 0.1) is 9.81 Å². The molecule has 0 bridgehead atoms. The van der Waals surface area contributed by atoms with E-state index in [9.17, 15) is 49.1 Å². The number of aromatic nitrogens is 7. The van der Waals surface area contributed by atoms with Gasteiger partial charge in [-0.3, -0.25) is 14.6 Å². The average Bonchev–Trinajstić information content (AvgIpc) is 3.90. The van der Waals surface area contributed by atoms with Crippen LogP contribution in [0.1, 0.15) is 53.1 Å². The standard InChI is InChI=1S/C9H16ClN3O2.C8H15N3O7.C6H6N6O2.C6H10N6O/c10-6-7-13(12-15)9(14)11-8-4-2-1-3-5-8;1-11(10-17)8(16)9-4-6(14)5(13)3(2-12)18-7(4)15;1-11-6(14)12-2-8-3(4(7)13)5(12)9-10-11;1-12(2)11-10-6-4(5(7)13)8-3-9-6/h8H,1-7H2,(H,11,14);3-7,12-15H,2H2,1H3,(H,9,16);2H,1H3,(H2,7,13);3H,1-2H3,(H2,7,13)(H,8,9)/t;3-,4-,5-,6-,7+;;/m.1../s1. The first kappa shape index (κ1) is 49.8. The molecule has 2 fully saturated rings. The lowest BCUT2D eigenvalue weighted by atomic mass is 9.96. The minimum Gasteiger partial charge on any atom is -0.394 e. The Balaban J connectivity index is 0.000000277. The lowest BCUT2D eigenvalue weighted by molar-refractivity contribution is -0.252. The summed E-state index contributed by atoms with van der Waals surface area (Å²) in [4.78, 5) is 86.2. The summed E-state index contributed by atoms with van der Waals surface area (Å²) in [5, 5.41) is 64.6. The van der Waals surface area contributed by atoms with Crippen LogP contribution in [0.3, 0.4) is 0 Å². The molecule has 1 saturated heterocycles. The zero-order valence-electron chi connectivity index (χ0n) is 32.7. The minimum absolute atomic E-state index is 0.0600. The molecule has 6 amide bonds. The van der Waals surface area contributed by atoms with Crippen molar-refractivity contribution in [2.75, 3.05) is 40.2 Å². The number of ether oxygens (including phenoxy) is 1. The van der Waals surface area contributed by atoms with Crippen molar-refractivity contribution in [2.45, 2.75) is 68.8 Å². The van der Waals surface area contributed by atoms with Crippen molar-refractivity contribution in [3.05, 3.63) is 44.3 Å². The predicted molar refractivity (Wildman–Crippen MR) is 204 cm³/mol. The van der Waals surface area contributed by atoms with Crippen molar-refractivity contribution >= 4 is 46.9 Å². The molecule has 4 heterocycles. The van der Waals surface area contributed by atoms with E-state index in [0.717, 1.165) is 46.8 Å². The number of nitrogens with zero attached hydrogens (tertiary/aromatic N) is 13. The summed E-state index contributed by atoms with van der Waals surface area (Å²) in [6.45, 7) is -0.449. The van der Waals surface area contributed by atoms with Crippen LogP contribution in [0.5, 0.6) is 0 Å². The van der Waals surface area contributed by atoms with Gasteiger partial charge in [-0.1, -0.05) is 29.7 Å². The molecule has 11 N–H and O–H groups in total. The third-order valence-corrected chi connectivity index (χ3v) is 8.25. The number of rotatable bonds is 11. The van der Waals surface area contributed by atoms with Gasteiger partial charge in [0.2, 0.25) is 5.82 Å². The number of halogens is 1. The number of aliphatic hydroxyl groups excluding tert-OH is 4. The lowest BCUT2D eigenvalue weighted by Crippen LogP contribution is -2.64. The van der Waals surface area contributed by atoms with Gasteiger partial charge in [-0.25, -0.2) is 28.8 Å². The van der Waals surface area contributed by atoms with E-state index in [4.69, 9.17) is 32.9 Å². The number of aromatic amines is 1. The first-order chi connectivity index (χ1) is 28.4. The number of nitrogens with two attached hydrogens (primary N) is 2. The maximum absolute atomic E-state index is 11.5. The highest BCUT2D eigenvalue weighted by Gasteiger charge is 2.44. The first-order valence-electron chi connectivity index (χ1n) is 17.6. The number of fused-ring (bicyclic) bond motifs is 1. The number of urea groups is 2. The number of aliphatic hydroxyl groups is 4. The van der Waals surface area contributed by atoms with Gasteiger partial charge in [0.1, 0.15) is 30.7 Å². The molecule has 0 aromatic carbocycles. The summed E-state index contributed by atoms with van der Waals surface area (Å²) in [6.07, 6.45) is 2.14. The number of amides is 6. The number of hydrogen-bond donors (Lipinski definition) is 9. The van der Waals surface area contributed by atoms with E-state index in [1.54, 1.807) is 14.1 Å². The zero-order valence-corrected chi connectivity index (χ0v) is 33.4. The summed E-state index contributed by atoms with van der Waals surface area (Å²) in [5.41, 5.74) is 9.79. The van der Waals surface area contributed by atoms with Crippen LogP contribution in [0.15, 0.2) is 38.4 Å². The van der Waals surface area contributed by atoms with Crippen LogP contribution in [-0.2, 0) is 11.8 Å². The molecule has 1 aliphatic heterocycles. The predicted octanol–water partition coefficient (Wildman–Crippen LogP) is -2.65. The molecule has 31 heteroatoms.